The van der Waals surface area contributed by atoms with Gasteiger partial charge < -0.3 is 5.11 Å². The Morgan fingerprint density at radius 1 is 1.25 bits per heavy atom. The van der Waals surface area contributed by atoms with Crippen LogP contribution < -0.4 is 0 Å². The van der Waals surface area contributed by atoms with Crippen molar-refractivity contribution in [1.82, 2.24) is 0 Å². The quantitative estimate of drug-likeness (QED) is 0.810. The standard InChI is InChI=1S/C11H9F3O2/c12-11(13,14)7-6-9(10(15)16)8-4-2-1-3-5-8/h1-6H,7H2,(H,15,16). The molecular formula is C11H9F3O2. The lowest BCUT2D eigenvalue weighted by molar-refractivity contribution is -0.130. The lowest BCUT2D eigenvalue weighted by Gasteiger charge is -2.05. The summed E-state index contributed by atoms with van der Waals surface area (Å²) in [5.41, 5.74) is -0.0721. The summed E-state index contributed by atoms with van der Waals surface area (Å²) in [5, 5.41) is 8.79. The Bertz CT molecular complexity index is 393. The fraction of sp³-hybridized carbons (Fsp3) is 0.182. The Morgan fingerprint density at radius 3 is 2.25 bits per heavy atom. The zero-order valence-electron chi connectivity index (χ0n) is 8.16. The maximum atomic E-state index is 12.0. The Morgan fingerprint density at radius 2 is 1.81 bits per heavy atom. The summed E-state index contributed by atoms with van der Waals surface area (Å²) in [6, 6.07) is 7.71. The van der Waals surface area contributed by atoms with Gasteiger partial charge in [0.25, 0.3) is 0 Å². The average molecular weight is 230 g/mol. The van der Waals surface area contributed by atoms with Crippen molar-refractivity contribution in [1.29, 1.82) is 0 Å². The predicted octanol–water partition coefficient (Wildman–Crippen LogP) is 3.11. The molecule has 1 rings (SSSR count). The SMILES string of the molecule is O=C(O)C(=CCC(F)(F)F)c1ccccc1. The van der Waals surface area contributed by atoms with E-state index in [1.807, 2.05) is 0 Å². The van der Waals surface area contributed by atoms with Crippen LogP contribution in [0.5, 0.6) is 0 Å². The van der Waals surface area contributed by atoms with Crippen LogP contribution in [0.3, 0.4) is 0 Å². The van der Waals surface area contributed by atoms with Crippen LogP contribution in [0, 0.1) is 0 Å². The number of hydrogen-bond donors (Lipinski definition) is 1. The fourth-order valence-corrected chi connectivity index (χ4v) is 1.16. The highest BCUT2D eigenvalue weighted by Crippen LogP contribution is 2.23. The number of rotatable bonds is 3. The summed E-state index contributed by atoms with van der Waals surface area (Å²) in [7, 11) is 0. The monoisotopic (exact) mass is 230 g/mol. The van der Waals surface area contributed by atoms with Gasteiger partial charge in [-0.3, -0.25) is 0 Å². The number of carboxylic acid groups (broad SMARTS) is 1. The molecular weight excluding hydrogens is 221 g/mol. The molecule has 0 aliphatic heterocycles. The first-order valence-corrected chi connectivity index (χ1v) is 4.46. The summed E-state index contributed by atoms with van der Waals surface area (Å²) >= 11 is 0. The number of allylic oxidation sites excluding steroid dienone is 1. The molecule has 0 saturated carbocycles. The van der Waals surface area contributed by atoms with Gasteiger partial charge in [0.2, 0.25) is 0 Å². The van der Waals surface area contributed by atoms with Crippen LogP contribution in [0.15, 0.2) is 36.4 Å². The number of alkyl halides is 3. The Hall–Kier alpha value is -1.78. The molecule has 0 fully saturated rings. The number of aliphatic carboxylic acids is 1. The first-order valence-electron chi connectivity index (χ1n) is 4.46. The summed E-state index contributed by atoms with van der Waals surface area (Å²) in [5.74, 6) is -1.37. The minimum Gasteiger partial charge on any atom is -0.478 e. The number of benzene rings is 1. The Kier molecular flexibility index (Phi) is 3.71. The van der Waals surface area contributed by atoms with E-state index in [1.54, 1.807) is 18.2 Å². The topological polar surface area (TPSA) is 37.3 Å². The van der Waals surface area contributed by atoms with Gasteiger partial charge in [-0.2, -0.15) is 13.2 Å². The van der Waals surface area contributed by atoms with Crippen LogP contribution >= 0.6 is 0 Å². The van der Waals surface area contributed by atoms with Gasteiger partial charge in [0, 0.05) is 0 Å². The molecule has 0 bridgehead atoms. The molecule has 0 radical (unpaired) electrons. The van der Waals surface area contributed by atoms with Crippen molar-refractivity contribution >= 4 is 11.5 Å². The van der Waals surface area contributed by atoms with Crippen molar-refractivity contribution < 1.29 is 23.1 Å². The van der Waals surface area contributed by atoms with Crippen LogP contribution in [-0.2, 0) is 4.79 Å². The second-order valence-electron chi connectivity index (χ2n) is 3.11. The molecule has 0 aromatic heterocycles. The maximum absolute atomic E-state index is 12.0. The van der Waals surface area contributed by atoms with E-state index in [2.05, 4.69) is 0 Å². The molecule has 0 saturated heterocycles. The second kappa shape index (κ2) is 4.83. The zero-order chi connectivity index (χ0) is 12.2. The molecule has 0 aliphatic rings. The highest BCUT2D eigenvalue weighted by Gasteiger charge is 2.26. The lowest BCUT2D eigenvalue weighted by Crippen LogP contribution is -2.07. The van der Waals surface area contributed by atoms with E-state index >= 15 is 0 Å². The smallest absolute Gasteiger partial charge is 0.392 e. The van der Waals surface area contributed by atoms with E-state index in [0.717, 1.165) is 0 Å². The van der Waals surface area contributed by atoms with Crippen molar-refractivity contribution in [3.8, 4) is 0 Å². The molecule has 16 heavy (non-hydrogen) atoms. The molecule has 0 heterocycles. The molecule has 0 unspecified atom stereocenters. The predicted molar refractivity (Wildman–Crippen MR) is 52.7 cm³/mol. The third-order valence-corrected chi connectivity index (χ3v) is 1.85. The normalized spacial score (nSPS) is 12.6. The summed E-state index contributed by atoms with van der Waals surface area (Å²) in [6.07, 6.45) is -4.96. The van der Waals surface area contributed by atoms with E-state index in [9.17, 15) is 18.0 Å². The highest BCUT2D eigenvalue weighted by molar-refractivity contribution is 6.15. The summed E-state index contributed by atoms with van der Waals surface area (Å²) in [4.78, 5) is 10.8. The van der Waals surface area contributed by atoms with E-state index in [-0.39, 0.29) is 11.1 Å². The number of hydrogen-bond acceptors (Lipinski definition) is 1. The third kappa shape index (κ3) is 3.76. The van der Waals surface area contributed by atoms with Gasteiger partial charge >= 0.3 is 12.1 Å². The van der Waals surface area contributed by atoms with Gasteiger partial charge in [-0.05, 0) is 5.56 Å². The number of carbonyl (C=O) groups is 1. The summed E-state index contributed by atoms with van der Waals surface area (Å²) in [6.45, 7) is 0. The maximum Gasteiger partial charge on any atom is 0.392 e. The molecule has 1 N–H and O–H groups in total. The molecule has 0 spiro atoms. The molecule has 2 nitrogen and oxygen atoms in total. The van der Waals surface area contributed by atoms with Crippen LogP contribution in [0.1, 0.15) is 12.0 Å². The lowest BCUT2D eigenvalue weighted by atomic mass is 10.1. The largest absolute Gasteiger partial charge is 0.478 e. The van der Waals surface area contributed by atoms with Gasteiger partial charge in [0.1, 0.15) is 0 Å². The highest BCUT2D eigenvalue weighted by atomic mass is 19.4. The zero-order valence-corrected chi connectivity index (χ0v) is 8.16. The van der Waals surface area contributed by atoms with Crippen molar-refractivity contribution in [3.05, 3.63) is 42.0 Å². The van der Waals surface area contributed by atoms with Crippen molar-refractivity contribution in [2.24, 2.45) is 0 Å². The average Bonchev–Trinajstić information content (AvgIpc) is 2.17. The molecule has 1 aromatic carbocycles. The molecule has 0 atom stereocenters. The van der Waals surface area contributed by atoms with Gasteiger partial charge in [-0.1, -0.05) is 36.4 Å². The van der Waals surface area contributed by atoms with Gasteiger partial charge in [0.15, 0.2) is 0 Å². The van der Waals surface area contributed by atoms with Crippen molar-refractivity contribution in [2.45, 2.75) is 12.6 Å². The minimum absolute atomic E-state index is 0.263. The van der Waals surface area contributed by atoms with Gasteiger partial charge in [0.05, 0.1) is 12.0 Å². The molecule has 0 amide bonds. The number of carboxylic acids is 1. The molecule has 86 valence electrons. The second-order valence-corrected chi connectivity index (χ2v) is 3.11. The van der Waals surface area contributed by atoms with E-state index in [0.29, 0.717) is 6.08 Å². The van der Waals surface area contributed by atoms with Crippen LogP contribution in [-0.4, -0.2) is 17.3 Å². The molecule has 0 aliphatic carbocycles. The summed E-state index contributed by atoms with van der Waals surface area (Å²) < 4.78 is 35.9. The first-order chi connectivity index (χ1) is 7.40. The van der Waals surface area contributed by atoms with Gasteiger partial charge in [-0.15, -0.1) is 0 Å². The Balaban J connectivity index is 2.97. The third-order valence-electron chi connectivity index (χ3n) is 1.85. The van der Waals surface area contributed by atoms with Gasteiger partial charge in [-0.25, -0.2) is 4.79 Å². The van der Waals surface area contributed by atoms with E-state index < -0.39 is 18.6 Å². The van der Waals surface area contributed by atoms with Crippen LogP contribution in [0.4, 0.5) is 13.2 Å². The van der Waals surface area contributed by atoms with Crippen LogP contribution in [0.2, 0.25) is 0 Å². The van der Waals surface area contributed by atoms with Crippen molar-refractivity contribution in [2.75, 3.05) is 0 Å². The number of halogens is 3. The molecule has 1 aromatic rings. The van der Waals surface area contributed by atoms with E-state index in [4.69, 9.17) is 5.11 Å². The van der Waals surface area contributed by atoms with Crippen molar-refractivity contribution in [3.63, 3.8) is 0 Å². The molecule has 5 heteroatoms. The fourth-order valence-electron chi connectivity index (χ4n) is 1.16. The first kappa shape index (κ1) is 12.3. The van der Waals surface area contributed by atoms with E-state index in [1.165, 1.54) is 12.1 Å². The minimum atomic E-state index is -4.39. The Labute approximate surface area is 90.0 Å². The van der Waals surface area contributed by atoms with Crippen LogP contribution in [0.25, 0.3) is 5.57 Å².